The fourth-order valence-electron chi connectivity index (χ4n) is 4.45. The Morgan fingerprint density at radius 3 is 2.75 bits per heavy atom. The number of furan rings is 1. The van der Waals surface area contributed by atoms with Crippen LogP contribution < -0.4 is 5.32 Å². The van der Waals surface area contributed by atoms with Crippen LogP contribution in [-0.4, -0.2) is 6.04 Å². The van der Waals surface area contributed by atoms with Crippen LogP contribution in [0.15, 0.2) is 28.7 Å². The van der Waals surface area contributed by atoms with Gasteiger partial charge in [-0.15, -0.1) is 0 Å². The Morgan fingerprint density at radius 2 is 2.05 bits per heavy atom. The van der Waals surface area contributed by atoms with Crippen LogP contribution in [0.25, 0.3) is 11.0 Å². The number of hydrogen-bond acceptors (Lipinski definition) is 2. The summed E-state index contributed by atoms with van der Waals surface area (Å²) in [6, 6.07) is 9.37. The minimum atomic E-state index is 0.312. The first-order valence-corrected chi connectivity index (χ1v) is 7.96. The fraction of sp³-hybridized carbons (Fsp3) is 0.556. The van der Waals surface area contributed by atoms with Gasteiger partial charge in [0.05, 0.1) is 6.04 Å². The number of fused-ring (bicyclic) bond motifs is 3. The van der Waals surface area contributed by atoms with E-state index in [0.717, 1.165) is 23.2 Å². The van der Waals surface area contributed by atoms with E-state index in [1.54, 1.807) is 0 Å². The second-order valence-electron chi connectivity index (χ2n) is 6.76. The third kappa shape index (κ3) is 1.89. The zero-order chi connectivity index (χ0) is 13.7. The zero-order valence-corrected chi connectivity index (χ0v) is 12.4. The number of rotatable bonds is 3. The van der Waals surface area contributed by atoms with Crippen molar-refractivity contribution in [1.82, 2.24) is 5.32 Å². The smallest absolute Gasteiger partial charge is 0.134 e. The Hall–Kier alpha value is -1.28. The van der Waals surface area contributed by atoms with E-state index in [-0.39, 0.29) is 0 Å². The van der Waals surface area contributed by atoms with Gasteiger partial charge in [0.15, 0.2) is 0 Å². The summed E-state index contributed by atoms with van der Waals surface area (Å²) in [6.45, 7) is 4.43. The van der Waals surface area contributed by atoms with Gasteiger partial charge >= 0.3 is 0 Å². The van der Waals surface area contributed by atoms with E-state index in [1.807, 2.05) is 6.07 Å². The van der Waals surface area contributed by atoms with E-state index in [2.05, 4.69) is 37.4 Å². The number of para-hydroxylation sites is 1. The summed E-state index contributed by atoms with van der Waals surface area (Å²) < 4.78 is 6.09. The summed E-state index contributed by atoms with van der Waals surface area (Å²) in [5.74, 6) is 3.02. The van der Waals surface area contributed by atoms with Crippen molar-refractivity contribution in [2.75, 3.05) is 0 Å². The molecule has 2 aromatic rings. The van der Waals surface area contributed by atoms with Gasteiger partial charge in [0.2, 0.25) is 0 Å². The number of benzene rings is 1. The van der Waals surface area contributed by atoms with Crippen LogP contribution in [0.5, 0.6) is 0 Å². The quantitative estimate of drug-likeness (QED) is 0.882. The second kappa shape index (κ2) is 4.63. The molecule has 2 nitrogen and oxygen atoms in total. The molecule has 1 N–H and O–H groups in total. The minimum Gasteiger partial charge on any atom is -0.459 e. The topological polar surface area (TPSA) is 25.2 Å². The lowest BCUT2D eigenvalue weighted by Crippen LogP contribution is -2.35. The van der Waals surface area contributed by atoms with E-state index in [1.165, 1.54) is 36.6 Å². The highest BCUT2D eigenvalue weighted by atomic mass is 16.3. The number of hydrogen-bond donors (Lipinski definition) is 1. The van der Waals surface area contributed by atoms with Crippen molar-refractivity contribution in [2.45, 2.75) is 51.6 Å². The molecule has 0 radical (unpaired) electrons. The highest BCUT2D eigenvalue weighted by Crippen LogP contribution is 2.45. The summed E-state index contributed by atoms with van der Waals surface area (Å²) >= 11 is 0. The maximum atomic E-state index is 6.09. The molecule has 4 unspecified atom stereocenters. The molecule has 0 saturated heterocycles. The Labute approximate surface area is 120 Å². The second-order valence-corrected chi connectivity index (χ2v) is 6.76. The lowest BCUT2D eigenvalue weighted by molar-refractivity contribution is 0.309. The molecule has 1 aromatic carbocycles. The molecular weight excluding hydrogens is 246 g/mol. The van der Waals surface area contributed by atoms with E-state index < -0.39 is 0 Å². The number of nitrogens with one attached hydrogen (secondary N) is 1. The molecule has 2 fully saturated rings. The Bertz CT molecular complexity index is 629. The molecule has 0 amide bonds. The summed E-state index contributed by atoms with van der Waals surface area (Å²) in [7, 11) is 0. The van der Waals surface area contributed by atoms with Crippen molar-refractivity contribution >= 4 is 11.0 Å². The Morgan fingerprint density at radius 1 is 1.20 bits per heavy atom. The molecule has 2 saturated carbocycles. The average molecular weight is 269 g/mol. The molecular formula is C18H23NO. The van der Waals surface area contributed by atoms with Gasteiger partial charge < -0.3 is 9.73 Å². The minimum absolute atomic E-state index is 0.312. The van der Waals surface area contributed by atoms with E-state index in [9.17, 15) is 0 Å². The predicted molar refractivity (Wildman–Crippen MR) is 81.7 cm³/mol. The van der Waals surface area contributed by atoms with Gasteiger partial charge in [-0.25, -0.2) is 0 Å². The first-order valence-electron chi connectivity index (χ1n) is 7.96. The zero-order valence-electron chi connectivity index (χ0n) is 12.4. The first-order chi connectivity index (χ1) is 9.72. The van der Waals surface area contributed by atoms with Gasteiger partial charge in [-0.05, 0) is 56.6 Å². The monoisotopic (exact) mass is 269 g/mol. The largest absolute Gasteiger partial charge is 0.459 e. The van der Waals surface area contributed by atoms with Gasteiger partial charge in [0.25, 0.3) is 0 Å². The van der Waals surface area contributed by atoms with Crippen LogP contribution in [0.1, 0.15) is 50.0 Å². The van der Waals surface area contributed by atoms with Gasteiger partial charge in [-0.2, -0.15) is 0 Å². The summed E-state index contributed by atoms with van der Waals surface area (Å²) in [5.41, 5.74) is 2.31. The van der Waals surface area contributed by atoms with Crippen LogP contribution in [-0.2, 0) is 0 Å². The lowest BCUT2D eigenvalue weighted by Gasteiger charge is -2.26. The normalized spacial score (nSPS) is 30.2. The van der Waals surface area contributed by atoms with Gasteiger partial charge in [0.1, 0.15) is 11.3 Å². The molecule has 2 aliphatic rings. The lowest BCUT2D eigenvalue weighted by atomic mass is 9.94. The van der Waals surface area contributed by atoms with Gasteiger partial charge in [-0.3, -0.25) is 0 Å². The Balaban J connectivity index is 1.57. The van der Waals surface area contributed by atoms with Crippen molar-refractivity contribution in [3.63, 3.8) is 0 Å². The third-order valence-electron chi connectivity index (χ3n) is 5.48. The molecule has 1 aromatic heterocycles. The van der Waals surface area contributed by atoms with Crippen molar-refractivity contribution < 1.29 is 4.42 Å². The fourth-order valence-corrected chi connectivity index (χ4v) is 4.45. The molecule has 106 valence electrons. The van der Waals surface area contributed by atoms with Crippen LogP contribution in [0.4, 0.5) is 0 Å². The molecule has 1 heterocycles. The highest BCUT2D eigenvalue weighted by Gasteiger charge is 2.40. The highest BCUT2D eigenvalue weighted by molar-refractivity contribution is 5.82. The van der Waals surface area contributed by atoms with Crippen LogP contribution in [0, 0.1) is 18.8 Å². The molecule has 4 rings (SSSR count). The van der Waals surface area contributed by atoms with Crippen molar-refractivity contribution in [3.8, 4) is 0 Å². The summed E-state index contributed by atoms with van der Waals surface area (Å²) in [4.78, 5) is 0. The van der Waals surface area contributed by atoms with E-state index in [0.29, 0.717) is 12.1 Å². The maximum Gasteiger partial charge on any atom is 0.134 e. The van der Waals surface area contributed by atoms with Gasteiger partial charge in [0, 0.05) is 11.4 Å². The van der Waals surface area contributed by atoms with E-state index >= 15 is 0 Å². The number of aryl methyl sites for hydroxylation is 1. The molecule has 2 heteroatoms. The van der Waals surface area contributed by atoms with Crippen molar-refractivity contribution in [3.05, 3.63) is 35.6 Å². The van der Waals surface area contributed by atoms with E-state index in [4.69, 9.17) is 4.42 Å². The summed E-state index contributed by atoms with van der Waals surface area (Å²) in [6.07, 6.45) is 5.70. The molecule has 4 atom stereocenters. The van der Waals surface area contributed by atoms with Gasteiger partial charge in [-0.1, -0.05) is 24.6 Å². The first kappa shape index (κ1) is 12.5. The van der Waals surface area contributed by atoms with Crippen LogP contribution >= 0.6 is 0 Å². The maximum absolute atomic E-state index is 6.09. The molecule has 2 bridgehead atoms. The standard InChI is InChI=1S/C18H23NO/c1-11-15-5-3-4-6-17(15)20-18(11)12(2)19-16-10-13-7-8-14(16)9-13/h3-6,12-14,16,19H,7-10H2,1-2H3. The van der Waals surface area contributed by atoms with Crippen molar-refractivity contribution in [1.29, 1.82) is 0 Å². The van der Waals surface area contributed by atoms with Crippen LogP contribution in [0.2, 0.25) is 0 Å². The molecule has 0 spiro atoms. The third-order valence-corrected chi connectivity index (χ3v) is 5.48. The summed E-state index contributed by atoms with van der Waals surface area (Å²) in [5, 5.41) is 5.09. The average Bonchev–Trinajstić information content (AvgIpc) is 3.14. The van der Waals surface area contributed by atoms with Crippen molar-refractivity contribution in [2.24, 2.45) is 11.8 Å². The predicted octanol–water partition coefficient (Wildman–Crippen LogP) is 4.58. The molecule has 2 aliphatic carbocycles. The van der Waals surface area contributed by atoms with Crippen LogP contribution in [0.3, 0.4) is 0 Å². The molecule has 0 aliphatic heterocycles. The SMILES string of the molecule is Cc1c(C(C)NC2CC3CCC2C3)oc2ccccc12. The molecule has 20 heavy (non-hydrogen) atoms. The Kier molecular flexibility index (Phi) is 2.88.